The molecule has 1 aliphatic rings. The SMILES string of the molecule is C1=CCCC(c2ccc(-c3nc(-c4ccc(-c5ccccc5)cc4)nc(-c4cccc(-c5cccc6c5sc5ccccc56)c4)n3)cc2)=C1. The van der Waals surface area contributed by atoms with Gasteiger partial charge in [-0.15, -0.1) is 11.3 Å². The van der Waals surface area contributed by atoms with E-state index in [9.17, 15) is 0 Å². The van der Waals surface area contributed by atoms with Crippen LogP contribution >= 0.6 is 11.3 Å². The average Bonchev–Trinajstić information content (AvgIpc) is 3.58. The van der Waals surface area contributed by atoms with Crippen LogP contribution in [0.4, 0.5) is 0 Å². The lowest BCUT2D eigenvalue weighted by Gasteiger charge is -2.12. The van der Waals surface area contributed by atoms with Crippen LogP contribution in [0.1, 0.15) is 18.4 Å². The molecule has 0 atom stereocenters. The Hall–Kier alpha value is -5.97. The van der Waals surface area contributed by atoms with E-state index < -0.39 is 0 Å². The van der Waals surface area contributed by atoms with Crippen molar-refractivity contribution in [3.8, 4) is 56.4 Å². The van der Waals surface area contributed by atoms with Gasteiger partial charge in [-0.2, -0.15) is 0 Å². The van der Waals surface area contributed by atoms with Crippen molar-refractivity contribution in [3.63, 3.8) is 0 Å². The summed E-state index contributed by atoms with van der Waals surface area (Å²) in [4.78, 5) is 15.2. The number of rotatable bonds is 6. The molecule has 9 rings (SSSR count). The number of aromatic nitrogens is 3. The molecule has 49 heavy (non-hydrogen) atoms. The highest BCUT2D eigenvalue weighted by Crippen LogP contribution is 2.40. The fourth-order valence-electron chi connectivity index (χ4n) is 6.68. The van der Waals surface area contributed by atoms with Gasteiger partial charge in [0.15, 0.2) is 17.5 Å². The lowest BCUT2D eigenvalue weighted by Crippen LogP contribution is -2.00. The second-order valence-corrected chi connectivity index (χ2v) is 13.4. The van der Waals surface area contributed by atoms with E-state index in [1.54, 1.807) is 0 Å². The zero-order chi connectivity index (χ0) is 32.6. The maximum absolute atomic E-state index is 5.09. The maximum atomic E-state index is 5.09. The van der Waals surface area contributed by atoms with E-state index in [1.807, 2.05) is 17.4 Å². The maximum Gasteiger partial charge on any atom is 0.164 e. The summed E-state index contributed by atoms with van der Waals surface area (Å²) in [5.74, 6) is 1.97. The molecule has 0 aliphatic heterocycles. The van der Waals surface area contributed by atoms with Crippen molar-refractivity contribution in [2.45, 2.75) is 12.8 Å². The van der Waals surface area contributed by atoms with Gasteiger partial charge in [-0.1, -0.05) is 152 Å². The van der Waals surface area contributed by atoms with Crippen molar-refractivity contribution < 1.29 is 0 Å². The van der Waals surface area contributed by atoms with Gasteiger partial charge >= 0.3 is 0 Å². The third-order valence-electron chi connectivity index (χ3n) is 9.25. The number of hydrogen-bond donors (Lipinski definition) is 0. The molecule has 3 nitrogen and oxygen atoms in total. The summed E-state index contributed by atoms with van der Waals surface area (Å²) in [5.41, 5.74) is 10.2. The monoisotopic (exact) mass is 645 g/mol. The molecule has 232 valence electrons. The lowest BCUT2D eigenvalue weighted by atomic mass is 9.96. The number of fused-ring (bicyclic) bond motifs is 3. The first-order valence-corrected chi connectivity index (χ1v) is 17.5. The Bertz CT molecular complexity index is 2530. The number of allylic oxidation sites excluding steroid dienone is 4. The molecule has 4 heteroatoms. The van der Waals surface area contributed by atoms with Crippen molar-refractivity contribution in [2.24, 2.45) is 0 Å². The molecule has 0 spiro atoms. The summed E-state index contributed by atoms with van der Waals surface area (Å²) in [7, 11) is 0. The standard InChI is InChI=1S/C45H31N3S/c1-3-11-30(12-4-1)32-21-25-34(26-22-32)43-46-44(35-27-23-33(24-28-35)31-13-5-2-6-14-31)48-45(47-43)37-16-9-15-36(29-37)38-18-10-19-40-39-17-7-8-20-41(39)49-42(38)40/h1-5,7-13,15-29H,6,14H2. The van der Waals surface area contributed by atoms with E-state index >= 15 is 0 Å². The molecule has 6 aromatic carbocycles. The second-order valence-electron chi connectivity index (χ2n) is 12.3. The van der Waals surface area contributed by atoms with Crippen LogP contribution in [0.3, 0.4) is 0 Å². The van der Waals surface area contributed by atoms with Crippen LogP contribution in [-0.4, -0.2) is 15.0 Å². The predicted octanol–water partition coefficient (Wildman–Crippen LogP) is 12.3. The van der Waals surface area contributed by atoms with Crippen molar-refractivity contribution in [1.82, 2.24) is 15.0 Å². The molecular weight excluding hydrogens is 615 g/mol. The van der Waals surface area contributed by atoms with Gasteiger partial charge in [-0.25, -0.2) is 15.0 Å². The van der Waals surface area contributed by atoms with E-state index in [-0.39, 0.29) is 0 Å². The molecule has 0 saturated carbocycles. The van der Waals surface area contributed by atoms with Crippen molar-refractivity contribution in [1.29, 1.82) is 0 Å². The third kappa shape index (κ3) is 5.67. The van der Waals surface area contributed by atoms with Gasteiger partial charge in [-0.05, 0) is 58.4 Å². The summed E-state index contributed by atoms with van der Waals surface area (Å²) in [6.45, 7) is 0. The molecule has 1 aliphatic carbocycles. The van der Waals surface area contributed by atoms with E-state index in [2.05, 4.69) is 158 Å². The molecule has 0 bridgehead atoms. The minimum absolute atomic E-state index is 0.654. The molecule has 0 saturated heterocycles. The molecule has 0 fully saturated rings. The Balaban J connectivity index is 1.15. The minimum atomic E-state index is 0.654. The number of hydrogen-bond acceptors (Lipinski definition) is 4. The van der Waals surface area contributed by atoms with Crippen LogP contribution < -0.4 is 0 Å². The molecule has 2 heterocycles. The van der Waals surface area contributed by atoms with Gasteiger partial charge in [0.05, 0.1) is 0 Å². The van der Waals surface area contributed by atoms with Crippen LogP contribution in [-0.2, 0) is 0 Å². The summed E-state index contributed by atoms with van der Waals surface area (Å²) < 4.78 is 2.59. The van der Waals surface area contributed by atoms with Crippen LogP contribution in [0.25, 0.3) is 82.2 Å². The highest BCUT2D eigenvalue weighted by atomic mass is 32.1. The first-order chi connectivity index (χ1) is 24.3. The summed E-state index contributed by atoms with van der Waals surface area (Å²) in [6.07, 6.45) is 8.71. The summed E-state index contributed by atoms with van der Waals surface area (Å²) in [6, 6.07) is 51.4. The Morgan fingerprint density at radius 1 is 0.449 bits per heavy atom. The Labute approximate surface area is 289 Å². The average molecular weight is 646 g/mol. The molecule has 0 radical (unpaired) electrons. The van der Waals surface area contributed by atoms with Crippen LogP contribution in [0.2, 0.25) is 0 Å². The van der Waals surface area contributed by atoms with E-state index in [1.165, 1.54) is 42.4 Å². The molecule has 8 aromatic rings. The van der Waals surface area contributed by atoms with Crippen LogP contribution in [0, 0.1) is 0 Å². The highest BCUT2D eigenvalue weighted by molar-refractivity contribution is 7.26. The van der Waals surface area contributed by atoms with Crippen molar-refractivity contribution in [2.75, 3.05) is 0 Å². The molecule has 2 aromatic heterocycles. The van der Waals surface area contributed by atoms with Crippen LogP contribution in [0.15, 0.2) is 164 Å². The highest BCUT2D eigenvalue weighted by Gasteiger charge is 2.16. The number of thiophene rings is 1. The smallest absolute Gasteiger partial charge is 0.164 e. The molecule has 0 unspecified atom stereocenters. The van der Waals surface area contributed by atoms with E-state index in [4.69, 9.17) is 15.0 Å². The fourth-order valence-corrected chi connectivity index (χ4v) is 7.92. The van der Waals surface area contributed by atoms with Gasteiger partial charge in [0.2, 0.25) is 0 Å². The first kappa shape index (κ1) is 29.2. The Morgan fingerprint density at radius 2 is 1.02 bits per heavy atom. The molecule has 0 amide bonds. The predicted molar refractivity (Wildman–Crippen MR) is 206 cm³/mol. The largest absolute Gasteiger partial charge is 0.208 e. The summed E-state index contributed by atoms with van der Waals surface area (Å²) in [5, 5.41) is 2.59. The van der Waals surface area contributed by atoms with E-state index in [0.29, 0.717) is 17.5 Å². The fraction of sp³-hybridized carbons (Fsp3) is 0.0444. The van der Waals surface area contributed by atoms with E-state index in [0.717, 1.165) is 40.7 Å². The van der Waals surface area contributed by atoms with Gasteiger partial charge in [0.1, 0.15) is 0 Å². The van der Waals surface area contributed by atoms with Gasteiger partial charge in [0.25, 0.3) is 0 Å². The second kappa shape index (κ2) is 12.6. The normalized spacial score (nSPS) is 12.8. The number of nitrogens with zero attached hydrogens (tertiary/aromatic N) is 3. The van der Waals surface area contributed by atoms with Crippen molar-refractivity contribution in [3.05, 3.63) is 169 Å². The lowest BCUT2D eigenvalue weighted by molar-refractivity contribution is 1.05. The van der Waals surface area contributed by atoms with Gasteiger partial charge < -0.3 is 0 Å². The quantitative estimate of drug-likeness (QED) is 0.181. The molecular formula is C45H31N3S. The first-order valence-electron chi connectivity index (χ1n) is 16.7. The molecule has 0 N–H and O–H groups in total. The van der Waals surface area contributed by atoms with Crippen LogP contribution in [0.5, 0.6) is 0 Å². The Morgan fingerprint density at radius 3 is 1.76 bits per heavy atom. The zero-order valence-electron chi connectivity index (χ0n) is 26.8. The van der Waals surface area contributed by atoms with Crippen molar-refractivity contribution >= 4 is 37.1 Å². The third-order valence-corrected chi connectivity index (χ3v) is 10.5. The minimum Gasteiger partial charge on any atom is -0.208 e. The topological polar surface area (TPSA) is 38.7 Å². The summed E-state index contributed by atoms with van der Waals surface area (Å²) >= 11 is 1.85. The number of benzene rings is 6. The Kier molecular flexibility index (Phi) is 7.49. The zero-order valence-corrected chi connectivity index (χ0v) is 27.6. The van der Waals surface area contributed by atoms with Gasteiger partial charge in [-0.3, -0.25) is 0 Å². The van der Waals surface area contributed by atoms with Gasteiger partial charge in [0, 0.05) is 36.9 Å².